The third-order valence-corrected chi connectivity index (χ3v) is 2.90. The molecule has 2 aromatic rings. The Labute approximate surface area is 119 Å². The summed E-state index contributed by atoms with van der Waals surface area (Å²) in [5.74, 6) is 0. The molecule has 2 rings (SSSR count). The number of carbonyl (C=O) groups is 1. The highest BCUT2D eigenvalue weighted by Gasteiger charge is 2.03. The summed E-state index contributed by atoms with van der Waals surface area (Å²) in [5, 5.41) is 2.65. The van der Waals surface area contributed by atoms with Gasteiger partial charge in [0.2, 0.25) is 0 Å². The maximum atomic E-state index is 11.5. The zero-order chi connectivity index (χ0) is 12.8. The lowest BCUT2D eigenvalue weighted by Gasteiger charge is -2.06. The van der Waals surface area contributed by atoms with E-state index in [1.165, 1.54) is 0 Å². The van der Waals surface area contributed by atoms with E-state index in [4.69, 9.17) is 4.74 Å². The monoisotopic (exact) mass is 354 g/mol. The Balaban J connectivity index is 1.84. The third-order valence-electron chi connectivity index (χ3n) is 2.18. The Hall–Kier alpha value is -1.63. The lowest BCUT2D eigenvalue weighted by atomic mass is 10.3. The van der Waals surface area contributed by atoms with E-state index in [-0.39, 0.29) is 6.61 Å². The molecule has 0 saturated heterocycles. The van der Waals surface area contributed by atoms with Crippen LogP contribution in [0, 0.1) is 3.57 Å². The van der Waals surface area contributed by atoms with Crippen LogP contribution in [0.2, 0.25) is 0 Å². The van der Waals surface area contributed by atoms with Crippen molar-refractivity contribution < 1.29 is 9.53 Å². The smallest absolute Gasteiger partial charge is 0.411 e. The molecule has 0 aliphatic rings. The second kappa shape index (κ2) is 6.34. The molecule has 0 aliphatic heterocycles. The van der Waals surface area contributed by atoms with Gasteiger partial charge in [-0.3, -0.25) is 10.3 Å². The molecule has 0 saturated carbocycles. The molecule has 0 radical (unpaired) electrons. The fraction of sp³-hybridized carbons (Fsp3) is 0.0769. The summed E-state index contributed by atoms with van der Waals surface area (Å²) in [6, 6.07) is 11.1. The quantitative estimate of drug-likeness (QED) is 0.860. The first kappa shape index (κ1) is 12.8. The molecule has 18 heavy (non-hydrogen) atoms. The van der Waals surface area contributed by atoms with Crippen molar-refractivity contribution in [1.82, 2.24) is 4.98 Å². The molecule has 4 nitrogen and oxygen atoms in total. The predicted molar refractivity (Wildman–Crippen MR) is 77.2 cm³/mol. The average Bonchev–Trinajstić information content (AvgIpc) is 2.40. The van der Waals surface area contributed by atoms with Gasteiger partial charge in [-0.2, -0.15) is 0 Å². The van der Waals surface area contributed by atoms with E-state index in [1.807, 2.05) is 30.3 Å². The maximum Gasteiger partial charge on any atom is 0.411 e. The Kier molecular flexibility index (Phi) is 4.52. The largest absolute Gasteiger partial charge is 0.444 e. The third kappa shape index (κ3) is 3.99. The number of nitrogens with zero attached hydrogens (tertiary/aromatic N) is 1. The van der Waals surface area contributed by atoms with Gasteiger partial charge in [0.15, 0.2) is 0 Å². The average molecular weight is 354 g/mol. The summed E-state index contributed by atoms with van der Waals surface area (Å²) in [4.78, 5) is 15.5. The number of ether oxygens (including phenoxy) is 1. The highest BCUT2D eigenvalue weighted by Crippen LogP contribution is 2.11. The number of halogens is 1. The van der Waals surface area contributed by atoms with Gasteiger partial charge in [0.05, 0.1) is 0 Å². The van der Waals surface area contributed by atoms with Gasteiger partial charge in [-0.25, -0.2) is 4.79 Å². The van der Waals surface area contributed by atoms with Crippen molar-refractivity contribution >= 4 is 34.4 Å². The summed E-state index contributed by atoms with van der Waals surface area (Å²) in [5.41, 5.74) is 1.57. The molecule has 0 bridgehead atoms. The van der Waals surface area contributed by atoms with Gasteiger partial charge in [0, 0.05) is 27.2 Å². The Morgan fingerprint density at radius 2 is 2.06 bits per heavy atom. The van der Waals surface area contributed by atoms with Crippen molar-refractivity contribution in [1.29, 1.82) is 0 Å². The second-order valence-electron chi connectivity index (χ2n) is 3.57. The molecule has 1 amide bonds. The van der Waals surface area contributed by atoms with E-state index in [1.54, 1.807) is 18.5 Å². The molecule has 0 fully saturated rings. The minimum absolute atomic E-state index is 0.212. The number of amides is 1. The van der Waals surface area contributed by atoms with Crippen molar-refractivity contribution in [2.45, 2.75) is 6.61 Å². The number of hydrogen-bond acceptors (Lipinski definition) is 3. The zero-order valence-electron chi connectivity index (χ0n) is 9.47. The Morgan fingerprint density at radius 3 is 2.72 bits per heavy atom. The van der Waals surface area contributed by atoms with Crippen LogP contribution in [-0.4, -0.2) is 11.1 Å². The first-order chi connectivity index (χ1) is 8.74. The van der Waals surface area contributed by atoms with Crippen LogP contribution < -0.4 is 5.32 Å². The molecule has 0 atom stereocenters. The summed E-state index contributed by atoms with van der Waals surface area (Å²) < 4.78 is 6.18. The SMILES string of the molecule is O=C(Nc1ccc(I)cc1)OCc1cccnc1. The van der Waals surface area contributed by atoms with Crippen molar-refractivity contribution in [2.24, 2.45) is 0 Å². The summed E-state index contributed by atoms with van der Waals surface area (Å²) >= 11 is 2.20. The number of aromatic nitrogens is 1. The van der Waals surface area contributed by atoms with Gasteiger partial charge in [0.25, 0.3) is 0 Å². The van der Waals surface area contributed by atoms with Crippen LogP contribution in [0.15, 0.2) is 48.8 Å². The van der Waals surface area contributed by atoms with Gasteiger partial charge in [0.1, 0.15) is 6.61 Å². The Bertz CT molecular complexity index is 514. The van der Waals surface area contributed by atoms with Gasteiger partial charge in [-0.05, 0) is 52.9 Å². The molecule has 0 spiro atoms. The molecule has 1 heterocycles. The van der Waals surface area contributed by atoms with Crippen LogP contribution >= 0.6 is 22.6 Å². The van der Waals surface area contributed by atoms with Crippen LogP contribution in [-0.2, 0) is 11.3 Å². The molecule has 1 aromatic heterocycles. The van der Waals surface area contributed by atoms with Crippen molar-refractivity contribution in [3.8, 4) is 0 Å². The van der Waals surface area contributed by atoms with E-state index in [0.29, 0.717) is 5.69 Å². The minimum Gasteiger partial charge on any atom is -0.444 e. The highest BCUT2D eigenvalue weighted by atomic mass is 127. The predicted octanol–water partition coefficient (Wildman–Crippen LogP) is 3.43. The Morgan fingerprint density at radius 1 is 1.28 bits per heavy atom. The van der Waals surface area contributed by atoms with E-state index < -0.39 is 6.09 Å². The van der Waals surface area contributed by atoms with Crippen LogP contribution in [0.4, 0.5) is 10.5 Å². The lowest BCUT2D eigenvalue weighted by molar-refractivity contribution is 0.155. The molecular weight excluding hydrogens is 343 g/mol. The first-order valence-corrected chi connectivity index (χ1v) is 6.40. The van der Waals surface area contributed by atoms with Crippen molar-refractivity contribution in [2.75, 3.05) is 5.32 Å². The molecule has 1 N–H and O–H groups in total. The zero-order valence-corrected chi connectivity index (χ0v) is 11.6. The minimum atomic E-state index is -0.472. The van der Waals surface area contributed by atoms with E-state index >= 15 is 0 Å². The van der Waals surface area contributed by atoms with E-state index in [9.17, 15) is 4.79 Å². The normalized spacial score (nSPS) is 9.83. The molecule has 0 unspecified atom stereocenters. The van der Waals surface area contributed by atoms with E-state index in [2.05, 4.69) is 32.9 Å². The standard InChI is InChI=1S/C13H11IN2O2/c14-11-3-5-12(6-4-11)16-13(17)18-9-10-2-1-7-15-8-10/h1-8H,9H2,(H,16,17). The van der Waals surface area contributed by atoms with Crippen molar-refractivity contribution in [3.63, 3.8) is 0 Å². The van der Waals surface area contributed by atoms with Gasteiger partial charge < -0.3 is 4.74 Å². The van der Waals surface area contributed by atoms with Crippen LogP contribution in [0.1, 0.15) is 5.56 Å². The first-order valence-electron chi connectivity index (χ1n) is 5.32. The molecule has 1 aromatic carbocycles. The van der Waals surface area contributed by atoms with Gasteiger partial charge >= 0.3 is 6.09 Å². The fourth-order valence-corrected chi connectivity index (χ4v) is 1.68. The molecule has 5 heteroatoms. The van der Waals surface area contributed by atoms with Crippen LogP contribution in [0.5, 0.6) is 0 Å². The van der Waals surface area contributed by atoms with Gasteiger partial charge in [-0.1, -0.05) is 6.07 Å². The number of pyridine rings is 1. The van der Waals surface area contributed by atoms with Crippen LogP contribution in [0.25, 0.3) is 0 Å². The van der Waals surface area contributed by atoms with Crippen LogP contribution in [0.3, 0.4) is 0 Å². The number of anilines is 1. The highest BCUT2D eigenvalue weighted by molar-refractivity contribution is 14.1. The number of carbonyl (C=O) groups excluding carboxylic acids is 1. The van der Waals surface area contributed by atoms with Crippen molar-refractivity contribution in [3.05, 3.63) is 57.9 Å². The number of nitrogens with one attached hydrogen (secondary N) is 1. The molecular formula is C13H11IN2O2. The van der Waals surface area contributed by atoms with Gasteiger partial charge in [-0.15, -0.1) is 0 Å². The molecule has 92 valence electrons. The number of hydrogen-bond donors (Lipinski definition) is 1. The van der Waals surface area contributed by atoms with E-state index in [0.717, 1.165) is 9.13 Å². The fourth-order valence-electron chi connectivity index (χ4n) is 1.32. The number of benzene rings is 1. The summed E-state index contributed by atoms with van der Waals surface area (Å²) in [6.07, 6.45) is 2.87. The molecule has 0 aliphatic carbocycles. The topological polar surface area (TPSA) is 51.2 Å². The summed E-state index contributed by atoms with van der Waals surface area (Å²) in [6.45, 7) is 0.212. The second-order valence-corrected chi connectivity index (χ2v) is 4.81. The lowest BCUT2D eigenvalue weighted by Crippen LogP contribution is -2.13. The maximum absolute atomic E-state index is 11.5. The summed E-state index contributed by atoms with van der Waals surface area (Å²) in [7, 11) is 0. The number of rotatable bonds is 3.